The number of benzene rings is 6. The van der Waals surface area contributed by atoms with Gasteiger partial charge in [-0.05, 0) is 106 Å². The van der Waals surface area contributed by atoms with Crippen molar-refractivity contribution in [3.63, 3.8) is 0 Å². The van der Waals surface area contributed by atoms with E-state index in [9.17, 15) is 80.7 Å². The molecule has 0 bridgehead atoms. The van der Waals surface area contributed by atoms with Gasteiger partial charge >= 0.3 is 5.25 Å². The van der Waals surface area contributed by atoms with Crippen molar-refractivity contribution in [2.75, 3.05) is 0 Å². The fourth-order valence-corrected chi connectivity index (χ4v) is 10.1. The summed E-state index contributed by atoms with van der Waals surface area (Å²) < 4.78 is 170. The van der Waals surface area contributed by atoms with Gasteiger partial charge in [-0.1, -0.05) is 77.3 Å². The van der Waals surface area contributed by atoms with Gasteiger partial charge in [-0.25, -0.2) is 47.9 Å². The summed E-state index contributed by atoms with van der Waals surface area (Å²) in [4.78, 5) is 59.0. The maximum absolute atomic E-state index is 13.6. The molecule has 0 aliphatic rings. The van der Waals surface area contributed by atoms with E-state index in [1.54, 1.807) is 0 Å². The Balaban J connectivity index is 0.000000193. The fourth-order valence-electron chi connectivity index (χ4n) is 8.05. The van der Waals surface area contributed by atoms with Gasteiger partial charge in [0.2, 0.25) is 31.6 Å². The smallest absolute Gasteiger partial charge is 0.299 e. The monoisotopic (exact) mass is 1180 g/mol. The summed E-state index contributed by atoms with van der Waals surface area (Å²) in [6.07, 6.45) is -0.287. The van der Waals surface area contributed by atoms with Crippen molar-refractivity contribution in [2.45, 2.75) is 81.3 Å². The molecule has 0 heterocycles. The van der Waals surface area contributed by atoms with E-state index in [-0.39, 0.29) is 105 Å². The molecule has 0 amide bonds. The van der Waals surface area contributed by atoms with Crippen LogP contribution in [0.25, 0.3) is 0 Å². The van der Waals surface area contributed by atoms with Gasteiger partial charge in [0.05, 0.1) is 9.92 Å². The quantitative estimate of drug-likeness (QED) is 0.0698. The Bertz CT molecular complexity index is 3870. The highest BCUT2D eigenvalue weighted by Crippen LogP contribution is 2.36. The molecule has 0 saturated carbocycles. The standard InChI is InChI=1S/C20H13ClF4O2.C20H14ClF3O4S.C17H13ClF4O/c1-20(24,25)14-8-10(2-4-15(14)21)6-12-13(19(27)18(12)26)7-11-3-5-16(22)17(23)9-11;1-20(23,24)29(27,28)17-10-12(4-7-16(17)21)9-15-14(18(25)19(15)26)8-11-2-5-13(22)6-3-11;1-17(21,22)13-8-10(2-4-14(13)18)6-12(23)7-11-3-5-15(19)16(20)9-11/h2-5,8-9H,6-7H2,1H3;2-7,10H,8-9H2,1H3;2-5,8-9H,6-7H2,1H3. The Morgan fingerprint density at radius 3 is 1.15 bits per heavy atom. The van der Waals surface area contributed by atoms with E-state index in [1.807, 2.05) is 0 Å². The first kappa shape index (κ1) is 61.4. The summed E-state index contributed by atoms with van der Waals surface area (Å²) in [5.74, 6) is -11.1. The van der Waals surface area contributed by atoms with E-state index in [0.717, 1.165) is 43.3 Å². The maximum Gasteiger partial charge on any atom is 0.347 e. The normalized spacial score (nSPS) is 12.0. The minimum Gasteiger partial charge on any atom is -0.299 e. The van der Waals surface area contributed by atoms with Crippen LogP contribution in [0.15, 0.2) is 139 Å². The van der Waals surface area contributed by atoms with E-state index >= 15 is 0 Å². The molecule has 0 aromatic heterocycles. The number of Topliss-reactive ketones (excluding diaryl/α,β-unsaturated/α-hetero) is 1. The average Bonchev–Trinajstić information content (AvgIpc) is 3.39. The van der Waals surface area contributed by atoms with Crippen LogP contribution in [-0.2, 0) is 65.0 Å². The van der Waals surface area contributed by atoms with Gasteiger partial charge in [-0.2, -0.15) is 8.78 Å². The van der Waals surface area contributed by atoms with E-state index in [4.69, 9.17) is 34.8 Å². The lowest BCUT2D eigenvalue weighted by atomic mass is 9.89. The van der Waals surface area contributed by atoms with E-state index < -0.39 is 82.6 Å². The second-order valence-electron chi connectivity index (χ2n) is 18.4. The Morgan fingerprint density at radius 2 is 0.734 bits per heavy atom. The zero-order chi connectivity index (χ0) is 58.7. The summed E-state index contributed by atoms with van der Waals surface area (Å²) in [5.41, 5.74) is -0.491. The summed E-state index contributed by atoms with van der Waals surface area (Å²) in [6.45, 7) is 1.69. The Morgan fingerprint density at radius 1 is 0.418 bits per heavy atom. The van der Waals surface area contributed by atoms with Gasteiger partial charge in [0.15, 0.2) is 23.3 Å². The molecule has 0 saturated heterocycles. The minimum absolute atomic E-state index is 0.0240. The molecule has 414 valence electrons. The van der Waals surface area contributed by atoms with E-state index in [1.165, 1.54) is 78.9 Å². The first-order valence-electron chi connectivity index (χ1n) is 23.2. The molecular formula is C57H40Cl3F11O7S. The highest BCUT2D eigenvalue weighted by atomic mass is 35.5. The van der Waals surface area contributed by atoms with Gasteiger partial charge in [0.25, 0.3) is 11.8 Å². The van der Waals surface area contributed by atoms with Crippen LogP contribution in [0, 0.1) is 29.1 Å². The Hall–Kier alpha value is -6.80. The number of sulfone groups is 1. The van der Waals surface area contributed by atoms with Crippen molar-refractivity contribution in [2.24, 2.45) is 0 Å². The van der Waals surface area contributed by atoms with E-state index in [2.05, 4.69) is 0 Å². The van der Waals surface area contributed by atoms with Crippen molar-refractivity contribution in [1.29, 1.82) is 0 Å². The van der Waals surface area contributed by atoms with Crippen molar-refractivity contribution in [3.05, 3.63) is 267 Å². The van der Waals surface area contributed by atoms with Crippen LogP contribution in [0.2, 0.25) is 15.1 Å². The van der Waals surface area contributed by atoms with Crippen LogP contribution >= 0.6 is 34.8 Å². The predicted molar refractivity (Wildman–Crippen MR) is 277 cm³/mol. The summed E-state index contributed by atoms with van der Waals surface area (Å²) in [6, 6.07) is 23.3. The SMILES string of the molecule is CC(F)(F)S(=O)(=O)c1cc(Cc2c(Cc3ccc(F)cc3)c(=O)c2=O)ccc1Cl.CC(F)(F)c1cc(CC(=O)Cc2ccc(F)c(F)c2)ccc1Cl.CC(F)(F)c1cc(Cc2c(Cc3ccc(F)c(F)c3)c(=O)c2=O)ccc1Cl. The van der Waals surface area contributed by atoms with Crippen LogP contribution < -0.4 is 21.7 Å². The molecule has 0 radical (unpaired) electrons. The van der Waals surface area contributed by atoms with Crippen LogP contribution in [0.3, 0.4) is 0 Å². The predicted octanol–water partition coefficient (Wildman–Crippen LogP) is 13.2. The topological polar surface area (TPSA) is 119 Å². The first-order chi connectivity index (χ1) is 36.7. The summed E-state index contributed by atoms with van der Waals surface area (Å²) in [5, 5.41) is -4.58. The van der Waals surface area contributed by atoms with Gasteiger partial charge in [-0.15, -0.1) is 0 Å². The average molecular weight is 1180 g/mol. The number of alkyl halides is 6. The van der Waals surface area contributed by atoms with Gasteiger partial charge < -0.3 is 0 Å². The molecule has 0 spiro atoms. The molecule has 0 aliphatic heterocycles. The van der Waals surface area contributed by atoms with Crippen molar-refractivity contribution < 1.29 is 61.5 Å². The third kappa shape index (κ3) is 14.9. The molecule has 0 aliphatic carbocycles. The first-order valence-corrected chi connectivity index (χ1v) is 25.8. The lowest BCUT2D eigenvalue weighted by molar-refractivity contribution is -0.117. The molecule has 8 aromatic carbocycles. The van der Waals surface area contributed by atoms with E-state index in [0.29, 0.717) is 34.7 Å². The molecule has 8 rings (SSSR count). The number of halogens is 14. The highest BCUT2D eigenvalue weighted by molar-refractivity contribution is 7.92. The van der Waals surface area contributed by atoms with Crippen LogP contribution in [0.4, 0.5) is 48.3 Å². The number of hydrogen-bond acceptors (Lipinski definition) is 7. The van der Waals surface area contributed by atoms with Crippen LogP contribution in [0.5, 0.6) is 0 Å². The number of carbonyl (C=O) groups excluding carboxylic acids is 1. The zero-order valence-corrected chi connectivity index (χ0v) is 44.4. The molecule has 7 nitrogen and oxygen atoms in total. The molecule has 0 fully saturated rings. The van der Waals surface area contributed by atoms with Crippen LogP contribution in [-0.4, -0.2) is 19.5 Å². The molecule has 79 heavy (non-hydrogen) atoms. The maximum atomic E-state index is 13.6. The lowest BCUT2D eigenvalue weighted by Gasteiger charge is -2.16. The number of ketones is 1. The van der Waals surface area contributed by atoms with Crippen molar-refractivity contribution in [1.82, 2.24) is 0 Å². The fraction of sp³-hybridized carbons (Fsp3) is 0.211. The van der Waals surface area contributed by atoms with Gasteiger partial charge in [0, 0.05) is 103 Å². The lowest BCUT2D eigenvalue weighted by Crippen LogP contribution is -2.40. The number of carbonyl (C=O) groups is 1. The minimum atomic E-state index is -5.01. The third-order valence-corrected chi connectivity index (χ3v) is 15.2. The Labute approximate surface area is 458 Å². The van der Waals surface area contributed by atoms with Crippen molar-refractivity contribution in [3.8, 4) is 0 Å². The summed E-state index contributed by atoms with van der Waals surface area (Å²) in [7, 11) is -5.01. The van der Waals surface area contributed by atoms with Gasteiger partial charge in [-0.3, -0.25) is 24.0 Å². The molecule has 0 atom stereocenters. The second-order valence-corrected chi connectivity index (χ2v) is 21.8. The molecular weight excluding hydrogens is 1140 g/mol. The molecule has 0 N–H and O–H groups in total. The number of hydrogen-bond donors (Lipinski definition) is 0. The molecule has 8 aromatic rings. The second kappa shape index (κ2) is 24.3. The van der Waals surface area contributed by atoms with Crippen molar-refractivity contribution >= 4 is 50.4 Å². The van der Waals surface area contributed by atoms with Crippen LogP contribution in [0.1, 0.15) is 87.5 Å². The third-order valence-electron chi connectivity index (χ3n) is 12.2. The van der Waals surface area contributed by atoms with Gasteiger partial charge in [0.1, 0.15) is 11.6 Å². The largest absolute Gasteiger partial charge is 0.347 e. The molecule has 0 unspecified atom stereocenters. The highest BCUT2D eigenvalue weighted by Gasteiger charge is 2.42. The number of rotatable bonds is 16. The Kier molecular flexibility index (Phi) is 18.9. The zero-order valence-electron chi connectivity index (χ0n) is 41.3. The summed E-state index contributed by atoms with van der Waals surface area (Å²) >= 11 is 17.3. The molecule has 22 heteroatoms.